The molecule has 0 aliphatic heterocycles. The normalized spacial score (nSPS) is 11.9. The molecular formula is C12H15ClFNO3. The molecule has 0 aromatic heterocycles. The van der Waals surface area contributed by atoms with E-state index in [1.165, 1.54) is 7.11 Å². The minimum Gasteiger partial charge on any atom is -0.491 e. The number of carbonyl (C=O) groups is 1. The lowest BCUT2D eigenvalue weighted by atomic mass is 10.1. The van der Waals surface area contributed by atoms with Gasteiger partial charge in [-0.3, -0.25) is 4.79 Å². The molecule has 0 saturated heterocycles. The zero-order chi connectivity index (χ0) is 13.4. The van der Waals surface area contributed by atoms with E-state index in [0.29, 0.717) is 12.2 Å². The van der Waals surface area contributed by atoms with Crippen molar-refractivity contribution in [2.24, 2.45) is 0 Å². The van der Waals surface area contributed by atoms with Crippen LogP contribution in [-0.4, -0.2) is 32.4 Å². The van der Waals surface area contributed by atoms with E-state index in [2.05, 4.69) is 9.57 Å². The van der Waals surface area contributed by atoms with Crippen molar-refractivity contribution >= 4 is 17.7 Å². The van der Waals surface area contributed by atoms with Crippen molar-refractivity contribution in [1.29, 1.82) is 0 Å². The summed E-state index contributed by atoms with van der Waals surface area (Å²) in [5.41, 5.74) is 0.895. The van der Waals surface area contributed by atoms with Gasteiger partial charge in [-0.1, -0.05) is 12.1 Å². The number of rotatable bonds is 7. The van der Waals surface area contributed by atoms with Gasteiger partial charge in [0, 0.05) is 0 Å². The maximum Gasteiger partial charge on any atom is 0.324 e. The number of nitrogens with one attached hydrogen (secondary N) is 1. The summed E-state index contributed by atoms with van der Waals surface area (Å²) in [6.07, 6.45) is 0.402. The summed E-state index contributed by atoms with van der Waals surface area (Å²) in [5, 5.41) is 0. The highest BCUT2D eigenvalue weighted by Crippen LogP contribution is 2.14. The number of carbonyl (C=O) groups excluding carboxylic acids is 1. The Kier molecular flexibility index (Phi) is 6.46. The molecule has 1 aromatic carbocycles. The summed E-state index contributed by atoms with van der Waals surface area (Å²) >= 11 is 5.47. The van der Waals surface area contributed by atoms with Crippen LogP contribution < -0.4 is 9.57 Å². The number of halogens is 2. The van der Waals surface area contributed by atoms with Gasteiger partial charge in [0.1, 0.15) is 25.1 Å². The average Bonchev–Trinajstić information content (AvgIpc) is 2.43. The number of hydrogen-bond donors (Lipinski definition) is 1. The van der Waals surface area contributed by atoms with Gasteiger partial charge in [0.05, 0.1) is 7.11 Å². The highest BCUT2D eigenvalue weighted by atomic mass is 35.5. The predicted molar refractivity (Wildman–Crippen MR) is 66.4 cm³/mol. The van der Waals surface area contributed by atoms with Crippen LogP contribution in [0.25, 0.3) is 0 Å². The van der Waals surface area contributed by atoms with Crippen LogP contribution >= 0.6 is 11.8 Å². The molecule has 1 N–H and O–H groups in total. The van der Waals surface area contributed by atoms with Crippen molar-refractivity contribution in [2.45, 2.75) is 12.5 Å². The summed E-state index contributed by atoms with van der Waals surface area (Å²) in [4.78, 5) is 13.7. The fourth-order valence-electron chi connectivity index (χ4n) is 1.42. The predicted octanol–water partition coefficient (Wildman–Crippen LogP) is 1.86. The van der Waals surface area contributed by atoms with Crippen molar-refractivity contribution in [2.75, 3.05) is 20.4 Å². The van der Waals surface area contributed by atoms with Crippen molar-refractivity contribution in [3.63, 3.8) is 0 Å². The highest BCUT2D eigenvalue weighted by molar-refractivity contribution is 6.14. The third kappa shape index (κ3) is 4.50. The molecule has 0 amide bonds. The first kappa shape index (κ1) is 14.7. The van der Waals surface area contributed by atoms with Gasteiger partial charge < -0.3 is 9.47 Å². The number of benzene rings is 1. The quantitative estimate of drug-likeness (QED) is 0.610. The molecule has 1 atom stereocenters. The second kappa shape index (κ2) is 7.89. The zero-order valence-corrected chi connectivity index (χ0v) is 10.7. The van der Waals surface area contributed by atoms with Crippen LogP contribution in [0.1, 0.15) is 5.56 Å². The number of esters is 1. The number of methoxy groups -OCH3 is 1. The molecule has 0 spiro atoms. The Labute approximate surface area is 110 Å². The van der Waals surface area contributed by atoms with Gasteiger partial charge in [0.15, 0.2) is 0 Å². The Hall–Kier alpha value is -1.33. The molecule has 0 aliphatic carbocycles. The standard InChI is InChI=1S/C12H15ClFNO3/c1-17-12(16)11(15-13)8-9-2-4-10(5-3-9)18-7-6-14/h2-5,11,15H,6-8H2,1H3/t11-/m0/s1. The van der Waals surface area contributed by atoms with Crippen LogP contribution in [0.15, 0.2) is 24.3 Å². The minimum atomic E-state index is -0.603. The molecule has 18 heavy (non-hydrogen) atoms. The molecule has 1 aromatic rings. The van der Waals surface area contributed by atoms with Crippen LogP contribution in [0.5, 0.6) is 5.75 Å². The molecule has 4 nitrogen and oxygen atoms in total. The molecule has 0 aliphatic rings. The van der Waals surface area contributed by atoms with Gasteiger partial charge in [-0.15, -0.1) is 0 Å². The second-order valence-electron chi connectivity index (χ2n) is 3.57. The van der Waals surface area contributed by atoms with Crippen LogP contribution in [0.4, 0.5) is 4.39 Å². The van der Waals surface area contributed by atoms with Gasteiger partial charge in [0.2, 0.25) is 0 Å². The Morgan fingerprint density at radius 1 is 1.44 bits per heavy atom. The highest BCUT2D eigenvalue weighted by Gasteiger charge is 2.18. The molecule has 0 bridgehead atoms. The van der Waals surface area contributed by atoms with E-state index in [4.69, 9.17) is 16.5 Å². The summed E-state index contributed by atoms with van der Waals surface area (Å²) < 4.78 is 21.6. The molecule has 0 fully saturated rings. The van der Waals surface area contributed by atoms with Crippen molar-refractivity contribution in [3.8, 4) is 5.75 Å². The summed E-state index contributed by atoms with van der Waals surface area (Å²) in [5.74, 6) is 0.160. The largest absolute Gasteiger partial charge is 0.491 e. The fourth-order valence-corrected chi connectivity index (χ4v) is 1.59. The zero-order valence-electron chi connectivity index (χ0n) is 9.99. The lowest BCUT2D eigenvalue weighted by molar-refractivity contribution is -0.142. The SMILES string of the molecule is COC(=O)[C@H](Cc1ccc(OCCF)cc1)NCl. The monoisotopic (exact) mass is 275 g/mol. The van der Waals surface area contributed by atoms with E-state index in [1.807, 2.05) is 0 Å². The molecule has 0 saturated carbocycles. The molecular weight excluding hydrogens is 261 g/mol. The van der Waals surface area contributed by atoms with Crippen molar-refractivity contribution in [1.82, 2.24) is 4.84 Å². The third-order valence-electron chi connectivity index (χ3n) is 2.33. The first-order chi connectivity index (χ1) is 8.71. The smallest absolute Gasteiger partial charge is 0.324 e. The van der Waals surface area contributed by atoms with Gasteiger partial charge in [-0.2, -0.15) is 0 Å². The van der Waals surface area contributed by atoms with Gasteiger partial charge in [-0.25, -0.2) is 9.23 Å². The van der Waals surface area contributed by atoms with E-state index in [0.717, 1.165) is 5.56 Å². The maximum absolute atomic E-state index is 11.9. The molecule has 1 rings (SSSR count). The molecule has 100 valence electrons. The van der Waals surface area contributed by atoms with Crippen molar-refractivity contribution in [3.05, 3.63) is 29.8 Å². The molecule has 0 unspecified atom stereocenters. The van der Waals surface area contributed by atoms with Crippen LogP contribution in [0.3, 0.4) is 0 Å². The molecule has 0 heterocycles. The van der Waals surface area contributed by atoms with Crippen LogP contribution in [0, 0.1) is 0 Å². The number of ether oxygens (including phenoxy) is 2. The topological polar surface area (TPSA) is 47.6 Å². The van der Waals surface area contributed by atoms with E-state index < -0.39 is 18.7 Å². The van der Waals surface area contributed by atoms with E-state index >= 15 is 0 Å². The Bertz CT molecular complexity index is 372. The average molecular weight is 276 g/mol. The third-order valence-corrected chi connectivity index (χ3v) is 2.59. The van der Waals surface area contributed by atoms with E-state index in [9.17, 15) is 9.18 Å². The lowest BCUT2D eigenvalue weighted by Gasteiger charge is -2.12. The summed E-state index contributed by atoms with van der Waals surface area (Å²) in [6.45, 7) is -0.490. The maximum atomic E-state index is 11.9. The van der Waals surface area contributed by atoms with Gasteiger partial charge >= 0.3 is 5.97 Å². The van der Waals surface area contributed by atoms with Crippen molar-refractivity contribution < 1.29 is 18.7 Å². The number of alkyl halides is 1. The summed E-state index contributed by atoms with van der Waals surface area (Å²) in [7, 11) is 1.30. The Morgan fingerprint density at radius 3 is 2.61 bits per heavy atom. The van der Waals surface area contributed by atoms with E-state index in [1.54, 1.807) is 24.3 Å². The molecule has 0 radical (unpaired) electrons. The first-order valence-corrected chi connectivity index (χ1v) is 5.80. The van der Waals surface area contributed by atoms with Gasteiger partial charge in [0.25, 0.3) is 0 Å². The summed E-state index contributed by atoms with van der Waals surface area (Å²) in [6, 6.07) is 6.41. The van der Waals surface area contributed by atoms with Crippen LogP contribution in [-0.2, 0) is 16.0 Å². The van der Waals surface area contributed by atoms with E-state index in [-0.39, 0.29) is 6.61 Å². The fraction of sp³-hybridized carbons (Fsp3) is 0.417. The Balaban J connectivity index is 2.59. The lowest BCUT2D eigenvalue weighted by Crippen LogP contribution is -2.33. The van der Waals surface area contributed by atoms with Gasteiger partial charge in [-0.05, 0) is 35.9 Å². The first-order valence-electron chi connectivity index (χ1n) is 5.43. The minimum absolute atomic E-state index is 0.0351. The molecule has 6 heteroatoms. The van der Waals surface area contributed by atoms with Crippen LogP contribution in [0.2, 0.25) is 0 Å². The Morgan fingerprint density at radius 2 is 2.11 bits per heavy atom. The number of hydrogen-bond acceptors (Lipinski definition) is 4. The second-order valence-corrected chi connectivity index (χ2v) is 3.79.